The molecule has 144 valence electrons. The third-order valence-corrected chi connectivity index (χ3v) is 5.65. The lowest BCUT2D eigenvalue weighted by atomic mass is 10.1. The number of ether oxygens (including phenoxy) is 2. The molecule has 0 aliphatic rings. The zero-order valence-corrected chi connectivity index (χ0v) is 17.2. The number of carbonyl (C=O) groups excluding carboxylic acids is 1. The monoisotopic (exact) mass is 394 g/mol. The van der Waals surface area contributed by atoms with Crippen LogP contribution in [-0.2, 0) is 17.8 Å². The van der Waals surface area contributed by atoms with Gasteiger partial charge in [-0.05, 0) is 43.2 Å². The van der Waals surface area contributed by atoms with Gasteiger partial charge in [-0.25, -0.2) is 0 Å². The van der Waals surface area contributed by atoms with Gasteiger partial charge in [0.15, 0.2) is 4.80 Å². The number of terminal acetylenes is 1. The molecular formula is C22H22N2O3S. The Morgan fingerprint density at radius 3 is 2.61 bits per heavy atom. The van der Waals surface area contributed by atoms with E-state index in [2.05, 4.69) is 36.9 Å². The molecule has 0 aliphatic carbocycles. The maximum atomic E-state index is 12.7. The van der Waals surface area contributed by atoms with Gasteiger partial charge in [-0.1, -0.05) is 23.3 Å². The molecule has 1 heterocycles. The van der Waals surface area contributed by atoms with Gasteiger partial charge in [-0.15, -0.1) is 6.42 Å². The first-order valence-electron chi connectivity index (χ1n) is 8.79. The van der Waals surface area contributed by atoms with Crippen LogP contribution in [0.25, 0.3) is 10.2 Å². The Balaban J connectivity index is 2.01. The van der Waals surface area contributed by atoms with Crippen LogP contribution in [0.1, 0.15) is 16.7 Å². The van der Waals surface area contributed by atoms with E-state index in [0.717, 1.165) is 15.8 Å². The number of hydrogen-bond donors (Lipinski definition) is 0. The Morgan fingerprint density at radius 2 is 1.93 bits per heavy atom. The van der Waals surface area contributed by atoms with E-state index in [1.165, 1.54) is 22.5 Å². The Bertz CT molecular complexity index is 1150. The number of fused-ring (bicyclic) bond motifs is 1. The summed E-state index contributed by atoms with van der Waals surface area (Å²) in [6.07, 6.45) is 5.68. The summed E-state index contributed by atoms with van der Waals surface area (Å²) in [7, 11) is 3.15. The van der Waals surface area contributed by atoms with Crippen molar-refractivity contribution in [2.75, 3.05) is 14.2 Å². The van der Waals surface area contributed by atoms with Crippen molar-refractivity contribution in [1.29, 1.82) is 0 Å². The highest BCUT2D eigenvalue weighted by atomic mass is 32.1. The summed E-state index contributed by atoms with van der Waals surface area (Å²) in [5, 5.41) is 0. The Kier molecular flexibility index (Phi) is 5.86. The summed E-state index contributed by atoms with van der Waals surface area (Å²) in [6, 6.07) is 9.58. The van der Waals surface area contributed by atoms with Crippen molar-refractivity contribution in [3.8, 4) is 23.8 Å². The molecule has 0 atom stereocenters. The van der Waals surface area contributed by atoms with Gasteiger partial charge in [-0.2, -0.15) is 4.99 Å². The van der Waals surface area contributed by atoms with Crippen molar-refractivity contribution >= 4 is 27.5 Å². The molecule has 2 aromatic carbocycles. The summed E-state index contributed by atoms with van der Waals surface area (Å²) >= 11 is 1.47. The van der Waals surface area contributed by atoms with Crippen LogP contribution in [0.3, 0.4) is 0 Å². The summed E-state index contributed by atoms with van der Waals surface area (Å²) in [5.41, 5.74) is 4.13. The molecule has 0 N–H and O–H groups in total. The topological polar surface area (TPSA) is 52.8 Å². The maximum absolute atomic E-state index is 12.7. The van der Waals surface area contributed by atoms with Crippen LogP contribution < -0.4 is 14.3 Å². The molecule has 0 spiro atoms. The number of hydrogen-bond acceptors (Lipinski definition) is 4. The van der Waals surface area contributed by atoms with E-state index >= 15 is 0 Å². The normalized spacial score (nSPS) is 11.5. The molecule has 0 fully saturated rings. The predicted octanol–water partition coefficient (Wildman–Crippen LogP) is 3.64. The second-order valence-electron chi connectivity index (χ2n) is 6.44. The minimum absolute atomic E-state index is 0.134. The Morgan fingerprint density at radius 1 is 1.18 bits per heavy atom. The first kappa shape index (κ1) is 19.7. The van der Waals surface area contributed by atoms with Crippen LogP contribution in [0.4, 0.5) is 0 Å². The highest BCUT2D eigenvalue weighted by Crippen LogP contribution is 2.25. The molecule has 0 aliphatic heterocycles. The third kappa shape index (κ3) is 3.95. The molecule has 0 radical (unpaired) electrons. The van der Waals surface area contributed by atoms with E-state index in [9.17, 15) is 4.79 Å². The van der Waals surface area contributed by atoms with Crippen LogP contribution in [0.2, 0.25) is 0 Å². The molecule has 3 aromatic rings. The molecule has 1 amide bonds. The van der Waals surface area contributed by atoms with Crippen molar-refractivity contribution in [1.82, 2.24) is 4.57 Å². The lowest BCUT2D eigenvalue weighted by Crippen LogP contribution is -2.17. The number of nitrogens with zero attached hydrogens (tertiary/aromatic N) is 2. The quantitative estimate of drug-likeness (QED) is 0.621. The molecule has 0 saturated carbocycles. The molecule has 0 bridgehead atoms. The van der Waals surface area contributed by atoms with E-state index < -0.39 is 0 Å². The molecular weight excluding hydrogens is 372 g/mol. The minimum Gasteiger partial charge on any atom is -0.497 e. The number of rotatable bonds is 5. The van der Waals surface area contributed by atoms with E-state index in [0.29, 0.717) is 22.8 Å². The number of methoxy groups -OCH3 is 2. The van der Waals surface area contributed by atoms with Crippen molar-refractivity contribution in [2.45, 2.75) is 26.8 Å². The highest BCUT2D eigenvalue weighted by molar-refractivity contribution is 7.16. The van der Waals surface area contributed by atoms with Crippen LogP contribution in [0.5, 0.6) is 11.5 Å². The first-order chi connectivity index (χ1) is 13.5. The van der Waals surface area contributed by atoms with Crippen molar-refractivity contribution in [3.63, 3.8) is 0 Å². The molecule has 5 nitrogen and oxygen atoms in total. The molecule has 28 heavy (non-hydrogen) atoms. The zero-order chi connectivity index (χ0) is 20.3. The number of carbonyl (C=O) groups is 1. The van der Waals surface area contributed by atoms with Gasteiger partial charge in [0.05, 0.1) is 37.4 Å². The first-order valence-corrected chi connectivity index (χ1v) is 9.61. The van der Waals surface area contributed by atoms with Gasteiger partial charge in [-0.3, -0.25) is 4.79 Å². The fourth-order valence-electron chi connectivity index (χ4n) is 2.96. The van der Waals surface area contributed by atoms with E-state index in [-0.39, 0.29) is 12.3 Å². The second kappa shape index (κ2) is 8.32. The molecule has 1 aromatic heterocycles. The van der Waals surface area contributed by atoms with Gasteiger partial charge in [0.2, 0.25) is 0 Å². The third-order valence-electron chi connectivity index (χ3n) is 4.60. The predicted molar refractivity (Wildman–Crippen MR) is 112 cm³/mol. The maximum Gasteiger partial charge on any atom is 0.252 e. The smallest absolute Gasteiger partial charge is 0.252 e. The number of aromatic nitrogens is 1. The van der Waals surface area contributed by atoms with E-state index in [4.69, 9.17) is 15.9 Å². The highest BCUT2D eigenvalue weighted by Gasteiger charge is 2.12. The van der Waals surface area contributed by atoms with E-state index in [1.54, 1.807) is 26.4 Å². The summed E-state index contributed by atoms with van der Waals surface area (Å²) in [4.78, 5) is 17.6. The lowest BCUT2D eigenvalue weighted by Gasteiger charge is -2.08. The lowest BCUT2D eigenvalue weighted by molar-refractivity contribution is -0.117. The average molecular weight is 394 g/mol. The van der Waals surface area contributed by atoms with Crippen molar-refractivity contribution in [3.05, 3.63) is 51.8 Å². The van der Waals surface area contributed by atoms with Gasteiger partial charge >= 0.3 is 0 Å². The fourth-order valence-corrected chi connectivity index (χ4v) is 4.08. The van der Waals surface area contributed by atoms with Crippen LogP contribution in [-0.4, -0.2) is 24.7 Å². The molecule has 3 rings (SSSR count). The van der Waals surface area contributed by atoms with Crippen molar-refractivity contribution < 1.29 is 14.3 Å². The van der Waals surface area contributed by atoms with Gasteiger partial charge in [0.25, 0.3) is 5.91 Å². The van der Waals surface area contributed by atoms with E-state index in [1.807, 2.05) is 10.6 Å². The fraction of sp³-hybridized carbons (Fsp3) is 0.273. The van der Waals surface area contributed by atoms with Crippen molar-refractivity contribution in [2.24, 2.45) is 4.99 Å². The summed E-state index contributed by atoms with van der Waals surface area (Å²) in [5.74, 6) is 3.67. The van der Waals surface area contributed by atoms with Crippen LogP contribution in [0.15, 0.2) is 35.3 Å². The zero-order valence-electron chi connectivity index (χ0n) is 16.4. The largest absolute Gasteiger partial charge is 0.497 e. The van der Waals surface area contributed by atoms with Crippen LogP contribution in [0, 0.1) is 26.2 Å². The van der Waals surface area contributed by atoms with Gasteiger partial charge < -0.3 is 14.0 Å². The summed E-state index contributed by atoms with van der Waals surface area (Å²) in [6.45, 7) is 4.49. The second-order valence-corrected chi connectivity index (χ2v) is 7.45. The van der Waals surface area contributed by atoms with Crippen LogP contribution >= 0.6 is 11.3 Å². The number of amides is 1. The number of aryl methyl sites for hydroxylation is 2. The molecule has 0 unspecified atom stereocenters. The number of benzene rings is 2. The Hall–Kier alpha value is -3.04. The van der Waals surface area contributed by atoms with Gasteiger partial charge in [0.1, 0.15) is 11.5 Å². The molecule has 6 heteroatoms. The average Bonchev–Trinajstić information content (AvgIpc) is 2.99. The summed E-state index contributed by atoms with van der Waals surface area (Å²) < 4.78 is 13.5. The molecule has 0 saturated heterocycles. The standard InChI is InChI=1S/C22H22N2O3S/c1-6-9-24-18-10-14(2)15(3)11-20(18)28-22(24)23-21(25)12-16-7-8-17(26-4)13-19(16)27-5/h1,7-8,10-11,13H,9,12H2,2-5H3. The number of thiazole rings is 1. The Labute approximate surface area is 168 Å². The van der Waals surface area contributed by atoms with Gasteiger partial charge in [0, 0.05) is 11.6 Å². The SMILES string of the molecule is C#CCn1c(=NC(=O)Cc2ccc(OC)cc2OC)sc2cc(C)c(C)cc21. The minimum atomic E-state index is -0.255.